The van der Waals surface area contributed by atoms with Crippen molar-refractivity contribution < 1.29 is 9.84 Å². The van der Waals surface area contributed by atoms with Gasteiger partial charge in [-0.3, -0.25) is 0 Å². The third-order valence-corrected chi connectivity index (χ3v) is 1.98. The van der Waals surface area contributed by atoms with Crippen LogP contribution in [-0.2, 0) is 0 Å². The van der Waals surface area contributed by atoms with Crippen LogP contribution in [0.25, 0.3) is 0 Å². The second-order valence-electron chi connectivity index (χ2n) is 3.16. The predicted octanol–water partition coefficient (Wildman–Crippen LogP) is 0.647. The number of nitrogens with two attached hydrogens (primary N) is 1. The maximum atomic E-state index is 9.17. The second kappa shape index (κ2) is 6.02. The van der Waals surface area contributed by atoms with Crippen molar-refractivity contribution in [3.8, 4) is 11.8 Å². The van der Waals surface area contributed by atoms with Crippen LogP contribution in [0.3, 0.4) is 0 Å². The topological polar surface area (TPSA) is 79.3 Å². The molecule has 1 atom stereocenters. The summed E-state index contributed by atoms with van der Waals surface area (Å²) in [7, 11) is 0. The van der Waals surface area contributed by atoms with Crippen molar-refractivity contribution in [2.75, 3.05) is 13.2 Å². The summed E-state index contributed by atoms with van der Waals surface area (Å²) in [6.07, 6.45) is -0.000340. The van der Waals surface area contributed by atoms with E-state index in [2.05, 4.69) is 0 Å². The first-order valence-electron chi connectivity index (χ1n) is 4.77. The van der Waals surface area contributed by atoms with E-state index in [0.717, 1.165) is 0 Å². The molecule has 0 radical (unpaired) electrons. The Bertz CT molecular complexity index is 329. The molecule has 4 heteroatoms. The molecule has 0 saturated carbocycles. The zero-order chi connectivity index (χ0) is 11.1. The number of rotatable bonds is 5. The molecule has 0 spiro atoms. The van der Waals surface area contributed by atoms with Gasteiger partial charge in [0.1, 0.15) is 5.75 Å². The molecule has 0 amide bonds. The minimum absolute atomic E-state index is 0.247. The van der Waals surface area contributed by atoms with E-state index < -0.39 is 6.10 Å². The number of aliphatic hydroxyl groups excluding tert-OH is 1. The van der Waals surface area contributed by atoms with Gasteiger partial charge in [-0.05, 0) is 24.3 Å². The Morgan fingerprint density at radius 1 is 1.40 bits per heavy atom. The number of benzene rings is 1. The highest BCUT2D eigenvalue weighted by atomic mass is 16.5. The quantitative estimate of drug-likeness (QED) is 0.741. The summed E-state index contributed by atoms with van der Waals surface area (Å²) in [5.74, 6) is 0.693. The highest BCUT2D eigenvalue weighted by Gasteiger charge is 2.01. The summed E-state index contributed by atoms with van der Waals surface area (Å²) >= 11 is 0. The lowest BCUT2D eigenvalue weighted by atomic mass is 10.2. The lowest BCUT2D eigenvalue weighted by Crippen LogP contribution is -2.21. The van der Waals surface area contributed by atoms with Crippen LogP contribution >= 0.6 is 0 Å². The molecule has 0 aliphatic rings. The third kappa shape index (κ3) is 3.98. The van der Waals surface area contributed by atoms with Crippen LogP contribution in [-0.4, -0.2) is 24.4 Å². The average molecular weight is 206 g/mol. The van der Waals surface area contributed by atoms with Gasteiger partial charge in [0.15, 0.2) is 0 Å². The summed E-state index contributed by atoms with van der Waals surface area (Å²) in [5, 5.41) is 17.7. The van der Waals surface area contributed by atoms with Gasteiger partial charge < -0.3 is 15.6 Å². The number of nitriles is 1. The van der Waals surface area contributed by atoms with Crippen LogP contribution in [0.5, 0.6) is 5.75 Å². The second-order valence-corrected chi connectivity index (χ2v) is 3.16. The van der Waals surface area contributed by atoms with Gasteiger partial charge in [-0.2, -0.15) is 5.26 Å². The van der Waals surface area contributed by atoms with E-state index in [1.54, 1.807) is 24.3 Å². The number of nitrogens with zero attached hydrogens (tertiary/aromatic N) is 1. The minimum atomic E-state index is -0.511. The molecular formula is C11H14N2O2. The van der Waals surface area contributed by atoms with Crippen LogP contribution in [0.2, 0.25) is 0 Å². The molecule has 0 fully saturated rings. The van der Waals surface area contributed by atoms with Gasteiger partial charge in [-0.1, -0.05) is 0 Å². The Balaban J connectivity index is 2.35. The van der Waals surface area contributed by atoms with Crippen LogP contribution in [0.15, 0.2) is 24.3 Å². The average Bonchev–Trinajstić information content (AvgIpc) is 2.29. The molecule has 0 saturated heterocycles. The highest BCUT2D eigenvalue weighted by Crippen LogP contribution is 2.11. The first-order chi connectivity index (χ1) is 7.26. The Kier molecular flexibility index (Phi) is 4.61. The first-order valence-corrected chi connectivity index (χ1v) is 4.77. The number of hydrogen-bond acceptors (Lipinski definition) is 4. The van der Waals surface area contributed by atoms with Crippen LogP contribution in [0.1, 0.15) is 12.0 Å². The van der Waals surface area contributed by atoms with Gasteiger partial charge in [0.25, 0.3) is 0 Å². The van der Waals surface area contributed by atoms with Crippen molar-refractivity contribution >= 4 is 0 Å². The fourth-order valence-corrected chi connectivity index (χ4v) is 1.06. The summed E-state index contributed by atoms with van der Waals surface area (Å²) in [6.45, 7) is 0.668. The smallest absolute Gasteiger partial charge is 0.119 e. The molecule has 3 N–H and O–H groups in total. The maximum Gasteiger partial charge on any atom is 0.119 e. The molecule has 0 aromatic heterocycles. The molecule has 1 unspecified atom stereocenters. The fraction of sp³-hybridized carbons (Fsp3) is 0.364. The maximum absolute atomic E-state index is 9.17. The third-order valence-electron chi connectivity index (χ3n) is 1.98. The molecule has 1 rings (SSSR count). The van der Waals surface area contributed by atoms with Crippen molar-refractivity contribution in [1.29, 1.82) is 5.26 Å². The standard InChI is InChI=1S/C11H14N2O2/c12-7-9-1-3-11(4-2-9)15-6-5-10(14)8-13/h1-4,10,14H,5-6,8,13H2. The zero-order valence-electron chi connectivity index (χ0n) is 8.39. The van der Waals surface area contributed by atoms with E-state index >= 15 is 0 Å². The Morgan fingerprint density at radius 2 is 2.07 bits per heavy atom. The fourth-order valence-electron chi connectivity index (χ4n) is 1.06. The number of aliphatic hydroxyl groups is 1. The predicted molar refractivity (Wildman–Crippen MR) is 56.3 cm³/mol. The van der Waals surface area contributed by atoms with E-state index in [1.165, 1.54) is 0 Å². The SMILES string of the molecule is N#Cc1ccc(OCCC(O)CN)cc1. The lowest BCUT2D eigenvalue weighted by molar-refractivity contribution is 0.146. The summed E-state index contributed by atoms with van der Waals surface area (Å²) < 4.78 is 5.35. The van der Waals surface area contributed by atoms with E-state index in [9.17, 15) is 5.11 Å². The van der Waals surface area contributed by atoms with Crippen LogP contribution < -0.4 is 10.5 Å². The van der Waals surface area contributed by atoms with E-state index in [1.807, 2.05) is 6.07 Å². The van der Waals surface area contributed by atoms with Gasteiger partial charge in [0.2, 0.25) is 0 Å². The monoisotopic (exact) mass is 206 g/mol. The van der Waals surface area contributed by atoms with E-state index in [-0.39, 0.29) is 6.54 Å². The Labute approximate surface area is 88.9 Å². The normalized spacial score (nSPS) is 11.8. The lowest BCUT2D eigenvalue weighted by Gasteiger charge is -2.09. The zero-order valence-corrected chi connectivity index (χ0v) is 8.39. The van der Waals surface area contributed by atoms with Gasteiger partial charge in [-0.25, -0.2) is 0 Å². The largest absolute Gasteiger partial charge is 0.493 e. The molecular weight excluding hydrogens is 192 g/mol. The van der Waals surface area contributed by atoms with E-state index in [0.29, 0.717) is 24.3 Å². The van der Waals surface area contributed by atoms with Crippen LogP contribution in [0, 0.1) is 11.3 Å². The van der Waals surface area contributed by atoms with E-state index in [4.69, 9.17) is 15.7 Å². The summed E-state index contributed by atoms with van der Waals surface area (Å²) in [5.41, 5.74) is 5.85. The van der Waals surface area contributed by atoms with Crippen molar-refractivity contribution in [2.24, 2.45) is 5.73 Å². The van der Waals surface area contributed by atoms with Crippen molar-refractivity contribution in [2.45, 2.75) is 12.5 Å². The van der Waals surface area contributed by atoms with Gasteiger partial charge in [-0.15, -0.1) is 0 Å². The molecule has 4 nitrogen and oxygen atoms in total. The van der Waals surface area contributed by atoms with Crippen LogP contribution in [0.4, 0.5) is 0 Å². The highest BCUT2D eigenvalue weighted by molar-refractivity contribution is 5.34. The molecule has 0 bridgehead atoms. The first kappa shape index (κ1) is 11.5. The van der Waals surface area contributed by atoms with Gasteiger partial charge >= 0.3 is 0 Å². The molecule has 1 aromatic rings. The Hall–Kier alpha value is -1.57. The van der Waals surface area contributed by atoms with Crippen molar-refractivity contribution in [3.63, 3.8) is 0 Å². The van der Waals surface area contributed by atoms with Crippen molar-refractivity contribution in [1.82, 2.24) is 0 Å². The minimum Gasteiger partial charge on any atom is -0.493 e. The molecule has 80 valence electrons. The van der Waals surface area contributed by atoms with Gasteiger partial charge in [0.05, 0.1) is 24.3 Å². The molecule has 1 aromatic carbocycles. The van der Waals surface area contributed by atoms with Gasteiger partial charge in [0, 0.05) is 13.0 Å². The summed E-state index contributed by atoms with van der Waals surface area (Å²) in [6, 6.07) is 8.86. The number of ether oxygens (including phenoxy) is 1. The molecule has 0 heterocycles. The van der Waals surface area contributed by atoms with Crippen molar-refractivity contribution in [3.05, 3.63) is 29.8 Å². The Morgan fingerprint density at radius 3 is 2.60 bits per heavy atom. The number of hydrogen-bond donors (Lipinski definition) is 2. The molecule has 0 aliphatic heterocycles. The molecule has 0 aliphatic carbocycles. The molecule has 15 heavy (non-hydrogen) atoms. The summed E-state index contributed by atoms with van der Waals surface area (Å²) in [4.78, 5) is 0.